The van der Waals surface area contributed by atoms with Gasteiger partial charge in [-0.3, -0.25) is 9.69 Å². The van der Waals surface area contributed by atoms with Crippen molar-refractivity contribution in [2.24, 2.45) is 0 Å². The molecule has 8 nitrogen and oxygen atoms in total. The van der Waals surface area contributed by atoms with Crippen molar-refractivity contribution < 1.29 is 33.0 Å². The Kier molecular flexibility index (Phi) is 8.10. The molecule has 1 heterocycles. The van der Waals surface area contributed by atoms with Crippen LogP contribution in [0.25, 0.3) is 11.1 Å². The van der Waals surface area contributed by atoms with Gasteiger partial charge in [-0.25, -0.2) is 4.79 Å². The number of benzene rings is 2. The minimum absolute atomic E-state index is 0.00823. The zero-order valence-electron chi connectivity index (χ0n) is 19.1. The Balaban J connectivity index is 2.00. The smallest absolute Gasteiger partial charge is 0.374 e. The maximum atomic E-state index is 12.4. The zero-order valence-corrected chi connectivity index (χ0v) is 19.1. The van der Waals surface area contributed by atoms with Gasteiger partial charge in [-0.2, -0.15) is 0 Å². The Labute approximate surface area is 192 Å². The molecule has 0 amide bonds. The van der Waals surface area contributed by atoms with E-state index in [2.05, 4.69) is 0 Å². The number of nitrogens with zero attached hydrogens (tertiary/aromatic N) is 1. The Morgan fingerprint density at radius 1 is 0.909 bits per heavy atom. The number of furan rings is 1. The first kappa shape index (κ1) is 23.9. The second kappa shape index (κ2) is 11.2. The van der Waals surface area contributed by atoms with E-state index in [1.54, 1.807) is 20.3 Å². The standard InChI is InChI=1S/C25H27NO7/c1-29-19-11-10-18(22(12-19)30-2)13-26(15-23(27)31-3)14-20-21(17-8-6-5-7-9-17)16-33-24(20)25(28)32-4/h5-12,16H,13-15H2,1-4H3. The highest BCUT2D eigenvalue weighted by molar-refractivity contribution is 5.90. The van der Waals surface area contributed by atoms with Crippen molar-refractivity contribution >= 4 is 11.9 Å². The lowest BCUT2D eigenvalue weighted by Gasteiger charge is -2.23. The molecule has 0 unspecified atom stereocenters. The van der Waals surface area contributed by atoms with E-state index in [1.807, 2.05) is 47.4 Å². The van der Waals surface area contributed by atoms with Crippen molar-refractivity contribution in [3.05, 3.63) is 71.7 Å². The number of rotatable bonds is 10. The molecular weight excluding hydrogens is 426 g/mol. The number of ether oxygens (including phenoxy) is 4. The van der Waals surface area contributed by atoms with Crippen molar-refractivity contribution in [2.75, 3.05) is 35.0 Å². The van der Waals surface area contributed by atoms with Gasteiger partial charge in [-0.05, 0) is 11.6 Å². The van der Waals surface area contributed by atoms with E-state index in [9.17, 15) is 9.59 Å². The van der Waals surface area contributed by atoms with E-state index in [1.165, 1.54) is 20.5 Å². The molecule has 0 aliphatic heterocycles. The quantitative estimate of drug-likeness (QED) is 0.427. The van der Waals surface area contributed by atoms with Crippen LogP contribution < -0.4 is 9.47 Å². The van der Waals surface area contributed by atoms with Gasteiger partial charge in [-0.1, -0.05) is 36.4 Å². The number of hydrogen-bond donors (Lipinski definition) is 0. The molecule has 0 saturated carbocycles. The van der Waals surface area contributed by atoms with Gasteiger partial charge in [0.1, 0.15) is 11.5 Å². The molecule has 2 aromatic carbocycles. The fraction of sp³-hybridized carbons (Fsp3) is 0.280. The van der Waals surface area contributed by atoms with Crippen LogP contribution in [-0.4, -0.2) is 51.8 Å². The second-order valence-corrected chi connectivity index (χ2v) is 7.21. The van der Waals surface area contributed by atoms with E-state index >= 15 is 0 Å². The van der Waals surface area contributed by atoms with Crippen LogP contribution in [0.1, 0.15) is 21.7 Å². The first-order valence-corrected chi connectivity index (χ1v) is 10.2. The fourth-order valence-electron chi connectivity index (χ4n) is 3.53. The van der Waals surface area contributed by atoms with Crippen LogP contribution in [0.4, 0.5) is 0 Å². The summed E-state index contributed by atoms with van der Waals surface area (Å²) in [5.74, 6) is 0.365. The van der Waals surface area contributed by atoms with E-state index in [0.29, 0.717) is 23.6 Å². The molecule has 174 valence electrons. The summed E-state index contributed by atoms with van der Waals surface area (Å²) in [6.07, 6.45) is 1.53. The van der Waals surface area contributed by atoms with Gasteiger partial charge in [0.15, 0.2) is 0 Å². The number of methoxy groups -OCH3 is 4. The minimum atomic E-state index is -0.591. The zero-order chi connectivity index (χ0) is 23.8. The Morgan fingerprint density at radius 3 is 2.30 bits per heavy atom. The molecule has 8 heteroatoms. The summed E-state index contributed by atoms with van der Waals surface area (Å²) >= 11 is 0. The highest BCUT2D eigenvalue weighted by Gasteiger charge is 2.25. The molecule has 3 aromatic rings. The molecule has 0 aliphatic rings. The summed E-state index contributed by atoms with van der Waals surface area (Å²) in [6, 6.07) is 15.0. The van der Waals surface area contributed by atoms with Crippen LogP contribution in [0.5, 0.6) is 11.5 Å². The maximum absolute atomic E-state index is 12.4. The lowest BCUT2D eigenvalue weighted by Crippen LogP contribution is -2.30. The lowest BCUT2D eigenvalue weighted by molar-refractivity contribution is -0.142. The number of carbonyl (C=O) groups excluding carboxylic acids is 2. The first-order chi connectivity index (χ1) is 16.0. The summed E-state index contributed by atoms with van der Waals surface area (Å²) in [7, 11) is 5.78. The van der Waals surface area contributed by atoms with Crippen molar-refractivity contribution in [1.82, 2.24) is 4.90 Å². The van der Waals surface area contributed by atoms with Gasteiger partial charge < -0.3 is 23.4 Å². The van der Waals surface area contributed by atoms with Crippen LogP contribution in [0.2, 0.25) is 0 Å². The molecule has 0 saturated heterocycles. The molecule has 33 heavy (non-hydrogen) atoms. The monoisotopic (exact) mass is 453 g/mol. The van der Waals surface area contributed by atoms with Crippen molar-refractivity contribution in [3.63, 3.8) is 0 Å². The van der Waals surface area contributed by atoms with Crippen molar-refractivity contribution in [1.29, 1.82) is 0 Å². The Morgan fingerprint density at radius 2 is 1.67 bits per heavy atom. The summed E-state index contributed by atoms with van der Waals surface area (Å²) < 4.78 is 26.2. The predicted molar refractivity (Wildman–Crippen MR) is 121 cm³/mol. The van der Waals surface area contributed by atoms with Gasteiger partial charge >= 0.3 is 11.9 Å². The third-order valence-corrected chi connectivity index (χ3v) is 5.20. The third-order valence-electron chi connectivity index (χ3n) is 5.20. The van der Waals surface area contributed by atoms with E-state index in [0.717, 1.165) is 16.7 Å². The molecule has 0 fully saturated rings. The summed E-state index contributed by atoms with van der Waals surface area (Å²) in [5, 5.41) is 0. The van der Waals surface area contributed by atoms with Crippen molar-refractivity contribution in [2.45, 2.75) is 13.1 Å². The van der Waals surface area contributed by atoms with E-state index < -0.39 is 11.9 Å². The SMILES string of the molecule is COC(=O)CN(Cc1ccc(OC)cc1OC)Cc1c(-c2ccccc2)coc1C(=O)OC. The van der Waals surface area contributed by atoms with Crippen molar-refractivity contribution in [3.8, 4) is 22.6 Å². The van der Waals surface area contributed by atoms with Gasteiger partial charge in [0.25, 0.3) is 0 Å². The number of hydrogen-bond acceptors (Lipinski definition) is 8. The Hall–Kier alpha value is -3.78. The maximum Gasteiger partial charge on any atom is 0.374 e. The van der Waals surface area contributed by atoms with Crippen LogP contribution >= 0.6 is 0 Å². The van der Waals surface area contributed by atoms with E-state index in [-0.39, 0.29) is 18.8 Å². The Bertz CT molecular complexity index is 1090. The highest BCUT2D eigenvalue weighted by Crippen LogP contribution is 2.31. The number of esters is 2. The molecule has 3 rings (SSSR count). The summed E-state index contributed by atoms with van der Waals surface area (Å²) in [6.45, 7) is 0.573. The molecule has 0 atom stereocenters. The average molecular weight is 453 g/mol. The molecule has 0 spiro atoms. The molecule has 0 bridgehead atoms. The largest absolute Gasteiger partial charge is 0.497 e. The van der Waals surface area contributed by atoms with Gasteiger partial charge in [0.2, 0.25) is 5.76 Å². The minimum Gasteiger partial charge on any atom is -0.497 e. The van der Waals surface area contributed by atoms with Gasteiger partial charge in [0.05, 0.1) is 41.2 Å². The molecule has 0 aliphatic carbocycles. The highest BCUT2D eigenvalue weighted by atomic mass is 16.5. The number of carbonyl (C=O) groups is 2. The van der Waals surface area contributed by atoms with Crippen LogP contribution in [0, 0.1) is 0 Å². The lowest BCUT2D eigenvalue weighted by atomic mass is 10.0. The topological polar surface area (TPSA) is 87.4 Å². The van der Waals surface area contributed by atoms with Crippen LogP contribution in [0.3, 0.4) is 0 Å². The van der Waals surface area contributed by atoms with Crippen LogP contribution in [-0.2, 0) is 27.4 Å². The predicted octanol–water partition coefficient (Wildman–Crippen LogP) is 3.93. The summed E-state index contributed by atoms with van der Waals surface area (Å²) in [4.78, 5) is 26.5. The van der Waals surface area contributed by atoms with Crippen LogP contribution in [0.15, 0.2) is 59.2 Å². The van der Waals surface area contributed by atoms with E-state index in [4.69, 9.17) is 23.4 Å². The van der Waals surface area contributed by atoms with Gasteiger partial charge in [-0.15, -0.1) is 0 Å². The fourth-order valence-corrected chi connectivity index (χ4v) is 3.53. The average Bonchev–Trinajstić information content (AvgIpc) is 3.27. The van der Waals surface area contributed by atoms with Gasteiger partial charge in [0, 0.05) is 35.8 Å². The molecular formula is C25H27NO7. The molecule has 0 N–H and O–H groups in total. The third kappa shape index (κ3) is 5.72. The second-order valence-electron chi connectivity index (χ2n) is 7.21. The summed E-state index contributed by atoms with van der Waals surface area (Å²) in [5.41, 5.74) is 3.08. The normalized spacial score (nSPS) is 10.7. The first-order valence-electron chi connectivity index (χ1n) is 10.2. The molecule has 1 aromatic heterocycles. The molecule has 0 radical (unpaired) electrons.